The van der Waals surface area contributed by atoms with Crippen LogP contribution in [0.1, 0.15) is 28.0 Å². The summed E-state index contributed by atoms with van der Waals surface area (Å²) in [5.74, 6) is -0.630. The zero-order chi connectivity index (χ0) is 19.2. The van der Waals surface area contributed by atoms with Gasteiger partial charge in [-0.2, -0.15) is 0 Å². The lowest BCUT2D eigenvalue weighted by molar-refractivity contribution is -0.118. The monoisotopic (exact) mass is 379 g/mol. The summed E-state index contributed by atoms with van der Waals surface area (Å²) in [6.07, 6.45) is 0.119. The van der Waals surface area contributed by atoms with Crippen LogP contribution in [-0.2, 0) is 11.3 Å². The SMILES string of the molecule is Cc1ccc(-c2nc(C(=O)N(CCC(N)=O)Cc3ccccc3)cs2)cc1. The van der Waals surface area contributed by atoms with Crippen LogP contribution in [0.3, 0.4) is 0 Å². The molecule has 0 fully saturated rings. The average Bonchev–Trinajstić information content (AvgIpc) is 3.16. The molecule has 0 saturated heterocycles. The third-order valence-corrected chi connectivity index (χ3v) is 5.04. The second-order valence-corrected chi connectivity index (χ2v) is 7.19. The first-order valence-corrected chi connectivity index (χ1v) is 9.55. The lowest BCUT2D eigenvalue weighted by Crippen LogP contribution is -2.33. The molecule has 0 atom stereocenters. The van der Waals surface area contributed by atoms with Crippen LogP contribution in [0.4, 0.5) is 0 Å². The van der Waals surface area contributed by atoms with E-state index in [1.165, 1.54) is 16.9 Å². The minimum Gasteiger partial charge on any atom is -0.370 e. The van der Waals surface area contributed by atoms with Crippen LogP contribution in [0.15, 0.2) is 60.0 Å². The lowest BCUT2D eigenvalue weighted by Gasteiger charge is -2.21. The summed E-state index contributed by atoms with van der Waals surface area (Å²) in [6.45, 7) is 2.70. The first kappa shape index (κ1) is 18.8. The Morgan fingerprint density at radius 1 is 1.07 bits per heavy atom. The highest BCUT2D eigenvalue weighted by atomic mass is 32.1. The molecule has 2 aromatic carbocycles. The Bertz CT molecular complexity index is 920. The van der Waals surface area contributed by atoms with Gasteiger partial charge in [-0.05, 0) is 12.5 Å². The Hall–Kier alpha value is -2.99. The van der Waals surface area contributed by atoms with Crippen molar-refractivity contribution in [3.8, 4) is 10.6 Å². The summed E-state index contributed by atoms with van der Waals surface area (Å²) in [6, 6.07) is 17.7. The van der Waals surface area contributed by atoms with Crippen molar-refractivity contribution < 1.29 is 9.59 Å². The summed E-state index contributed by atoms with van der Waals surface area (Å²) < 4.78 is 0. The molecule has 6 heteroatoms. The van der Waals surface area contributed by atoms with Crippen LogP contribution in [0.5, 0.6) is 0 Å². The van der Waals surface area contributed by atoms with E-state index < -0.39 is 5.91 Å². The van der Waals surface area contributed by atoms with Crippen LogP contribution in [0.25, 0.3) is 10.6 Å². The highest BCUT2D eigenvalue weighted by Crippen LogP contribution is 2.25. The molecule has 0 radical (unpaired) electrons. The smallest absolute Gasteiger partial charge is 0.273 e. The van der Waals surface area contributed by atoms with Crippen LogP contribution in [0.2, 0.25) is 0 Å². The van der Waals surface area contributed by atoms with Gasteiger partial charge in [0.15, 0.2) is 0 Å². The third kappa shape index (κ3) is 5.01. The predicted octanol–water partition coefficient (Wildman–Crippen LogP) is 3.64. The maximum absolute atomic E-state index is 13.0. The summed E-state index contributed by atoms with van der Waals surface area (Å²) >= 11 is 1.43. The van der Waals surface area contributed by atoms with Gasteiger partial charge in [0.25, 0.3) is 5.91 Å². The Morgan fingerprint density at radius 3 is 2.44 bits per heavy atom. The molecule has 1 aromatic heterocycles. The van der Waals surface area contributed by atoms with Crippen LogP contribution in [0, 0.1) is 6.92 Å². The molecule has 0 unspecified atom stereocenters. The molecule has 138 valence electrons. The van der Waals surface area contributed by atoms with Gasteiger partial charge in [-0.25, -0.2) is 4.98 Å². The quantitative estimate of drug-likeness (QED) is 0.681. The normalized spacial score (nSPS) is 10.6. The number of aryl methyl sites for hydroxylation is 1. The highest BCUT2D eigenvalue weighted by molar-refractivity contribution is 7.13. The van der Waals surface area contributed by atoms with Crippen molar-refractivity contribution in [1.29, 1.82) is 0 Å². The average molecular weight is 379 g/mol. The molecule has 2 N–H and O–H groups in total. The molecule has 0 aliphatic carbocycles. The second kappa shape index (κ2) is 8.60. The summed E-state index contributed by atoms with van der Waals surface area (Å²) in [5.41, 5.74) is 8.81. The van der Waals surface area contributed by atoms with Crippen molar-refractivity contribution in [2.45, 2.75) is 19.9 Å². The van der Waals surface area contributed by atoms with Crippen molar-refractivity contribution in [2.24, 2.45) is 5.73 Å². The van der Waals surface area contributed by atoms with E-state index in [1.54, 1.807) is 10.3 Å². The fourth-order valence-electron chi connectivity index (χ4n) is 2.66. The van der Waals surface area contributed by atoms with Gasteiger partial charge in [0, 0.05) is 30.5 Å². The number of nitrogens with zero attached hydrogens (tertiary/aromatic N) is 2. The van der Waals surface area contributed by atoms with Crippen molar-refractivity contribution >= 4 is 23.2 Å². The zero-order valence-corrected chi connectivity index (χ0v) is 15.9. The topological polar surface area (TPSA) is 76.3 Å². The van der Waals surface area contributed by atoms with E-state index in [0.29, 0.717) is 12.2 Å². The minimum absolute atomic E-state index is 0.119. The largest absolute Gasteiger partial charge is 0.370 e. The van der Waals surface area contributed by atoms with E-state index in [0.717, 1.165) is 16.1 Å². The molecule has 2 amide bonds. The molecule has 0 aliphatic rings. The summed E-state index contributed by atoms with van der Waals surface area (Å²) in [4.78, 5) is 30.3. The van der Waals surface area contributed by atoms with Gasteiger partial charge in [0.1, 0.15) is 10.7 Å². The van der Waals surface area contributed by atoms with E-state index in [4.69, 9.17) is 5.73 Å². The van der Waals surface area contributed by atoms with E-state index in [2.05, 4.69) is 4.98 Å². The fraction of sp³-hybridized carbons (Fsp3) is 0.190. The van der Waals surface area contributed by atoms with Gasteiger partial charge in [-0.3, -0.25) is 9.59 Å². The number of carbonyl (C=O) groups is 2. The molecule has 27 heavy (non-hydrogen) atoms. The minimum atomic E-state index is -0.431. The number of rotatable bonds is 7. The van der Waals surface area contributed by atoms with Gasteiger partial charge >= 0.3 is 0 Å². The van der Waals surface area contributed by atoms with Crippen molar-refractivity contribution in [3.63, 3.8) is 0 Å². The number of aromatic nitrogens is 1. The fourth-order valence-corrected chi connectivity index (χ4v) is 3.46. The van der Waals surface area contributed by atoms with Gasteiger partial charge < -0.3 is 10.6 Å². The van der Waals surface area contributed by atoms with Crippen molar-refractivity contribution in [1.82, 2.24) is 9.88 Å². The Kier molecular flexibility index (Phi) is 5.98. The van der Waals surface area contributed by atoms with Crippen LogP contribution in [-0.4, -0.2) is 28.2 Å². The van der Waals surface area contributed by atoms with Crippen LogP contribution >= 0.6 is 11.3 Å². The maximum Gasteiger partial charge on any atom is 0.273 e. The van der Waals surface area contributed by atoms with E-state index in [1.807, 2.05) is 61.5 Å². The van der Waals surface area contributed by atoms with Gasteiger partial charge in [0.2, 0.25) is 5.91 Å². The number of thiazole rings is 1. The summed E-state index contributed by atoms with van der Waals surface area (Å²) in [7, 11) is 0. The van der Waals surface area contributed by atoms with Crippen molar-refractivity contribution in [3.05, 3.63) is 76.8 Å². The molecule has 0 spiro atoms. The van der Waals surface area contributed by atoms with Crippen LogP contribution < -0.4 is 5.73 Å². The number of carbonyl (C=O) groups excluding carboxylic acids is 2. The number of hydrogen-bond acceptors (Lipinski definition) is 4. The Labute approximate surface area is 162 Å². The molecule has 1 heterocycles. The number of hydrogen-bond donors (Lipinski definition) is 1. The zero-order valence-electron chi connectivity index (χ0n) is 15.1. The summed E-state index contributed by atoms with van der Waals surface area (Å²) in [5, 5.41) is 2.56. The van der Waals surface area contributed by atoms with Gasteiger partial charge in [-0.15, -0.1) is 11.3 Å². The highest BCUT2D eigenvalue weighted by Gasteiger charge is 2.20. The molecule has 5 nitrogen and oxygen atoms in total. The third-order valence-electron chi connectivity index (χ3n) is 4.15. The van der Waals surface area contributed by atoms with Gasteiger partial charge in [-0.1, -0.05) is 60.2 Å². The Morgan fingerprint density at radius 2 is 1.78 bits per heavy atom. The number of benzene rings is 2. The number of amides is 2. The number of nitrogens with two attached hydrogens (primary N) is 1. The standard InChI is InChI=1S/C21H21N3O2S/c1-15-7-9-17(10-8-15)20-23-18(14-27-20)21(26)24(12-11-19(22)25)13-16-5-3-2-4-6-16/h2-10,14H,11-13H2,1H3,(H2,22,25). The van der Waals surface area contributed by atoms with Crippen molar-refractivity contribution in [2.75, 3.05) is 6.54 Å². The van der Waals surface area contributed by atoms with E-state index in [9.17, 15) is 9.59 Å². The first-order chi connectivity index (χ1) is 13.0. The molecule has 0 aliphatic heterocycles. The molecular weight excluding hydrogens is 358 g/mol. The molecule has 3 rings (SSSR count). The molecule has 0 saturated carbocycles. The maximum atomic E-state index is 13.0. The predicted molar refractivity (Wildman–Crippen MR) is 107 cm³/mol. The lowest BCUT2D eigenvalue weighted by atomic mass is 10.2. The second-order valence-electron chi connectivity index (χ2n) is 6.33. The van der Waals surface area contributed by atoms with E-state index >= 15 is 0 Å². The Balaban J connectivity index is 1.80. The van der Waals surface area contributed by atoms with E-state index in [-0.39, 0.29) is 18.9 Å². The molecule has 3 aromatic rings. The molecule has 0 bridgehead atoms. The molecular formula is C21H21N3O2S. The van der Waals surface area contributed by atoms with Gasteiger partial charge in [0.05, 0.1) is 0 Å². The number of primary amides is 1. The first-order valence-electron chi connectivity index (χ1n) is 8.67.